The molecule has 3 rings (SSSR count). The number of amides is 1. The molecular formula is C20H23N3O3. The predicted molar refractivity (Wildman–Crippen MR) is 102 cm³/mol. The van der Waals surface area contributed by atoms with Gasteiger partial charge in [0.2, 0.25) is 0 Å². The minimum absolute atomic E-state index is 0.557. The Balaban J connectivity index is 1.67. The normalized spacial score (nSPS) is 14.4. The van der Waals surface area contributed by atoms with Gasteiger partial charge in [0, 0.05) is 37.1 Å². The van der Waals surface area contributed by atoms with E-state index in [0.29, 0.717) is 6.54 Å². The van der Waals surface area contributed by atoms with Crippen LogP contribution in [0, 0.1) is 0 Å². The Morgan fingerprint density at radius 2 is 1.96 bits per heavy atom. The summed E-state index contributed by atoms with van der Waals surface area (Å²) < 4.78 is 5.41. The van der Waals surface area contributed by atoms with Crippen molar-refractivity contribution in [2.45, 2.75) is 6.54 Å². The van der Waals surface area contributed by atoms with E-state index in [0.717, 1.165) is 37.6 Å². The Morgan fingerprint density at radius 1 is 1.15 bits per heavy atom. The third kappa shape index (κ3) is 4.84. The van der Waals surface area contributed by atoms with Gasteiger partial charge in [-0.05, 0) is 35.4 Å². The molecule has 0 aliphatic carbocycles. The van der Waals surface area contributed by atoms with Crippen LogP contribution < -0.4 is 15.7 Å². The van der Waals surface area contributed by atoms with Crippen LogP contribution in [0.5, 0.6) is 0 Å². The van der Waals surface area contributed by atoms with Gasteiger partial charge in [0.25, 0.3) is 5.91 Å². The summed E-state index contributed by atoms with van der Waals surface area (Å²) in [5.41, 5.74) is 5.78. The van der Waals surface area contributed by atoms with Crippen LogP contribution >= 0.6 is 0 Å². The van der Waals surface area contributed by atoms with Crippen molar-refractivity contribution >= 4 is 23.4 Å². The molecule has 0 bridgehead atoms. The van der Waals surface area contributed by atoms with Crippen molar-refractivity contribution in [3.8, 4) is 0 Å². The first-order chi connectivity index (χ1) is 12.8. The Labute approximate surface area is 153 Å². The van der Waals surface area contributed by atoms with E-state index in [1.807, 2.05) is 24.3 Å². The lowest BCUT2D eigenvalue weighted by atomic mass is 10.1. The molecular weight excluding hydrogens is 330 g/mol. The van der Waals surface area contributed by atoms with Crippen molar-refractivity contribution in [2.75, 3.05) is 36.5 Å². The first kappa shape index (κ1) is 18.0. The number of hydrogen-bond donors (Lipinski definition) is 3. The number of hydroxylamine groups is 1. The molecule has 0 saturated carbocycles. The number of morpholine rings is 1. The van der Waals surface area contributed by atoms with Crippen LogP contribution in [0.2, 0.25) is 0 Å². The predicted octanol–water partition coefficient (Wildman–Crippen LogP) is 2.65. The first-order valence-electron chi connectivity index (χ1n) is 8.63. The van der Waals surface area contributed by atoms with Gasteiger partial charge in [-0.15, -0.1) is 0 Å². The van der Waals surface area contributed by atoms with Gasteiger partial charge in [0.05, 0.1) is 13.2 Å². The van der Waals surface area contributed by atoms with Crippen molar-refractivity contribution in [3.05, 3.63) is 65.7 Å². The summed E-state index contributed by atoms with van der Waals surface area (Å²) in [6.07, 6.45) is 2.96. The summed E-state index contributed by atoms with van der Waals surface area (Å²) >= 11 is 0. The Kier molecular flexibility index (Phi) is 6.24. The molecule has 1 saturated heterocycles. The van der Waals surface area contributed by atoms with Crippen LogP contribution in [-0.4, -0.2) is 37.4 Å². The molecule has 0 atom stereocenters. The molecule has 1 aliphatic rings. The number of para-hydroxylation sites is 1. The molecule has 1 amide bonds. The maximum absolute atomic E-state index is 11.2. The number of carbonyl (C=O) groups excluding carboxylic acids is 1. The Hall–Kier alpha value is -2.83. The van der Waals surface area contributed by atoms with Crippen LogP contribution in [0.4, 0.5) is 11.4 Å². The number of nitrogens with zero attached hydrogens (tertiary/aromatic N) is 1. The zero-order valence-corrected chi connectivity index (χ0v) is 14.5. The molecule has 26 heavy (non-hydrogen) atoms. The molecule has 1 fully saturated rings. The molecule has 136 valence electrons. The lowest BCUT2D eigenvalue weighted by Crippen LogP contribution is -2.36. The van der Waals surface area contributed by atoms with E-state index in [1.165, 1.54) is 17.3 Å². The van der Waals surface area contributed by atoms with Crippen molar-refractivity contribution in [1.29, 1.82) is 0 Å². The van der Waals surface area contributed by atoms with E-state index < -0.39 is 5.91 Å². The van der Waals surface area contributed by atoms with Crippen LogP contribution in [-0.2, 0) is 16.1 Å². The monoisotopic (exact) mass is 353 g/mol. The van der Waals surface area contributed by atoms with Gasteiger partial charge >= 0.3 is 0 Å². The number of nitrogens with one attached hydrogen (secondary N) is 2. The van der Waals surface area contributed by atoms with Gasteiger partial charge in [-0.25, -0.2) is 5.48 Å². The highest BCUT2D eigenvalue weighted by Gasteiger charge is 2.11. The molecule has 1 heterocycles. The summed E-state index contributed by atoms with van der Waals surface area (Å²) in [6, 6.07) is 16.2. The van der Waals surface area contributed by atoms with Crippen LogP contribution in [0.15, 0.2) is 54.6 Å². The van der Waals surface area contributed by atoms with Crippen molar-refractivity contribution in [1.82, 2.24) is 5.48 Å². The lowest BCUT2D eigenvalue weighted by Gasteiger charge is -2.29. The molecule has 2 aromatic carbocycles. The van der Waals surface area contributed by atoms with Crippen LogP contribution in [0.25, 0.3) is 6.08 Å². The van der Waals surface area contributed by atoms with E-state index in [-0.39, 0.29) is 0 Å². The largest absolute Gasteiger partial charge is 0.380 e. The van der Waals surface area contributed by atoms with Gasteiger partial charge in [-0.3, -0.25) is 10.0 Å². The first-order valence-corrected chi connectivity index (χ1v) is 8.63. The van der Waals surface area contributed by atoms with E-state index >= 15 is 0 Å². The zero-order chi connectivity index (χ0) is 18.2. The fraction of sp³-hybridized carbons (Fsp3) is 0.250. The SMILES string of the molecule is O=C(C=Cc1ccccc1NCc1cccc(N2CCOCC2)c1)NO. The topological polar surface area (TPSA) is 73.8 Å². The highest BCUT2D eigenvalue weighted by molar-refractivity contribution is 5.91. The second-order valence-electron chi connectivity index (χ2n) is 6.02. The standard InChI is InChI=1S/C20H23N3O3/c24-20(22-25)9-8-17-5-1-2-7-19(17)21-15-16-4-3-6-18(14-16)23-10-12-26-13-11-23/h1-9,14,21,25H,10-13,15H2,(H,22,24). The maximum atomic E-state index is 11.2. The number of carbonyl (C=O) groups is 1. The molecule has 3 N–H and O–H groups in total. The second-order valence-corrected chi connectivity index (χ2v) is 6.02. The van der Waals surface area contributed by atoms with Crippen molar-refractivity contribution < 1.29 is 14.7 Å². The van der Waals surface area contributed by atoms with Crippen molar-refractivity contribution in [2.24, 2.45) is 0 Å². The van der Waals surface area contributed by atoms with Gasteiger partial charge in [0.15, 0.2) is 0 Å². The Bertz CT molecular complexity index is 770. The highest BCUT2D eigenvalue weighted by atomic mass is 16.5. The average molecular weight is 353 g/mol. The number of hydrogen-bond acceptors (Lipinski definition) is 5. The molecule has 1 aliphatic heterocycles. The number of anilines is 2. The highest BCUT2D eigenvalue weighted by Crippen LogP contribution is 2.21. The number of rotatable bonds is 6. The quantitative estimate of drug-likeness (QED) is 0.423. The van der Waals surface area contributed by atoms with Gasteiger partial charge < -0.3 is 15.0 Å². The third-order valence-electron chi connectivity index (χ3n) is 4.26. The second kappa shape index (κ2) is 9.03. The molecule has 0 spiro atoms. The van der Waals surface area contributed by atoms with E-state index in [9.17, 15) is 4.79 Å². The molecule has 6 heteroatoms. The van der Waals surface area contributed by atoms with Gasteiger partial charge in [0.1, 0.15) is 0 Å². The third-order valence-corrected chi connectivity index (χ3v) is 4.26. The van der Waals surface area contributed by atoms with Crippen LogP contribution in [0.1, 0.15) is 11.1 Å². The summed E-state index contributed by atoms with van der Waals surface area (Å²) in [5.74, 6) is -0.557. The minimum Gasteiger partial charge on any atom is -0.380 e. The summed E-state index contributed by atoms with van der Waals surface area (Å²) in [6.45, 7) is 4.04. The Morgan fingerprint density at radius 3 is 2.77 bits per heavy atom. The van der Waals surface area contributed by atoms with Crippen molar-refractivity contribution in [3.63, 3.8) is 0 Å². The number of benzene rings is 2. The number of ether oxygens (including phenoxy) is 1. The van der Waals surface area contributed by atoms with Gasteiger partial charge in [-0.2, -0.15) is 0 Å². The fourth-order valence-electron chi connectivity index (χ4n) is 2.89. The smallest absolute Gasteiger partial charge is 0.267 e. The summed E-state index contributed by atoms with van der Waals surface area (Å²) in [4.78, 5) is 13.5. The molecule has 6 nitrogen and oxygen atoms in total. The molecule has 2 aromatic rings. The average Bonchev–Trinajstić information content (AvgIpc) is 2.72. The molecule has 0 unspecified atom stereocenters. The summed E-state index contributed by atoms with van der Waals surface area (Å²) in [5, 5.41) is 12.0. The molecule has 0 radical (unpaired) electrons. The fourth-order valence-corrected chi connectivity index (χ4v) is 2.89. The summed E-state index contributed by atoms with van der Waals surface area (Å²) in [7, 11) is 0. The van der Waals surface area contributed by atoms with E-state index in [4.69, 9.17) is 9.94 Å². The molecule has 0 aromatic heterocycles. The zero-order valence-electron chi connectivity index (χ0n) is 14.5. The van der Waals surface area contributed by atoms with E-state index in [2.05, 4.69) is 34.5 Å². The minimum atomic E-state index is -0.557. The van der Waals surface area contributed by atoms with Gasteiger partial charge in [-0.1, -0.05) is 30.3 Å². The maximum Gasteiger partial charge on any atom is 0.267 e. The van der Waals surface area contributed by atoms with E-state index in [1.54, 1.807) is 11.6 Å². The van der Waals surface area contributed by atoms with Crippen LogP contribution in [0.3, 0.4) is 0 Å². The lowest BCUT2D eigenvalue weighted by molar-refractivity contribution is -0.124.